The molecule has 6 heteroatoms. The van der Waals surface area contributed by atoms with E-state index in [4.69, 9.17) is 11.7 Å². The van der Waals surface area contributed by atoms with Crippen molar-refractivity contribution in [2.75, 3.05) is 12.8 Å². The van der Waals surface area contributed by atoms with E-state index in [2.05, 4.69) is 11.7 Å². The van der Waals surface area contributed by atoms with Gasteiger partial charge in [-0.2, -0.15) is 5.10 Å². The molecule has 1 aliphatic carbocycles. The second-order valence-corrected chi connectivity index (χ2v) is 5.36. The predicted octanol–water partition coefficient (Wildman–Crippen LogP) is 1.07. The molecular formula is C11H20N4OS. The van der Waals surface area contributed by atoms with Gasteiger partial charge < -0.3 is 5.84 Å². The van der Waals surface area contributed by atoms with Gasteiger partial charge in [0.25, 0.3) is 0 Å². The molecule has 0 unspecified atom stereocenters. The minimum absolute atomic E-state index is 0.218. The van der Waals surface area contributed by atoms with Crippen molar-refractivity contribution >= 4 is 22.7 Å². The topological polar surface area (TPSA) is 84.7 Å². The average molecular weight is 256 g/mol. The number of hydrogen-bond donors (Lipinski definition) is 2. The van der Waals surface area contributed by atoms with Crippen molar-refractivity contribution in [2.24, 2.45) is 22.7 Å². The summed E-state index contributed by atoms with van der Waals surface area (Å²) in [6.07, 6.45) is 3.76. The van der Waals surface area contributed by atoms with E-state index in [9.17, 15) is 4.79 Å². The lowest BCUT2D eigenvalue weighted by Gasteiger charge is -2.27. The quantitative estimate of drug-likeness (QED) is 0.253. The second-order valence-electron chi connectivity index (χ2n) is 4.41. The third kappa shape index (κ3) is 4.79. The van der Waals surface area contributed by atoms with E-state index in [1.807, 2.05) is 0 Å². The molecule has 1 saturated carbocycles. The van der Waals surface area contributed by atoms with Gasteiger partial charge in [-0.3, -0.25) is 9.80 Å². The molecule has 0 amide bonds. The van der Waals surface area contributed by atoms with Crippen molar-refractivity contribution in [3.63, 3.8) is 0 Å². The van der Waals surface area contributed by atoms with Crippen LogP contribution >= 0.6 is 11.8 Å². The second kappa shape index (κ2) is 6.66. The molecule has 1 fully saturated rings. The van der Waals surface area contributed by atoms with Crippen LogP contribution in [-0.4, -0.2) is 28.8 Å². The Hall–Kier alpha value is -1.01. The molecular weight excluding hydrogens is 236 g/mol. The maximum absolute atomic E-state index is 11.6. The highest BCUT2D eigenvalue weighted by molar-refractivity contribution is 8.14. The highest BCUT2D eigenvalue weighted by Crippen LogP contribution is 2.34. The first kappa shape index (κ1) is 14.1. The van der Waals surface area contributed by atoms with E-state index in [0.717, 1.165) is 19.3 Å². The zero-order valence-electron chi connectivity index (χ0n) is 10.2. The van der Waals surface area contributed by atoms with E-state index in [-0.39, 0.29) is 5.78 Å². The highest BCUT2D eigenvalue weighted by atomic mass is 32.2. The van der Waals surface area contributed by atoms with Crippen molar-refractivity contribution in [1.29, 1.82) is 0 Å². The van der Waals surface area contributed by atoms with Gasteiger partial charge in [0.1, 0.15) is 5.78 Å². The largest absolute Gasteiger partial charge is 0.321 e. The molecule has 0 aliphatic heterocycles. The molecule has 96 valence electrons. The van der Waals surface area contributed by atoms with E-state index in [1.54, 1.807) is 7.05 Å². The fourth-order valence-corrected chi connectivity index (χ4v) is 2.49. The average Bonchev–Trinajstić information content (AvgIpc) is 2.23. The van der Waals surface area contributed by atoms with Gasteiger partial charge >= 0.3 is 0 Å². The number of nitrogens with zero attached hydrogens (tertiary/aromatic N) is 2. The summed E-state index contributed by atoms with van der Waals surface area (Å²) in [5.74, 6) is 11.9. The molecule has 0 heterocycles. The summed E-state index contributed by atoms with van der Waals surface area (Å²) < 4.78 is 0. The van der Waals surface area contributed by atoms with E-state index < -0.39 is 0 Å². The monoisotopic (exact) mass is 256 g/mol. The van der Waals surface area contributed by atoms with Gasteiger partial charge in [-0.1, -0.05) is 23.9 Å². The molecule has 0 saturated heterocycles. The van der Waals surface area contributed by atoms with Crippen LogP contribution in [0.1, 0.15) is 25.7 Å². The zero-order chi connectivity index (χ0) is 12.8. The SMILES string of the molecule is C=C1CC(CCC(=O)CS/C(=N/N)N(C)N)C1. The summed E-state index contributed by atoms with van der Waals surface area (Å²) in [5.41, 5.74) is 1.30. The van der Waals surface area contributed by atoms with Crippen LogP contribution < -0.4 is 11.7 Å². The molecule has 17 heavy (non-hydrogen) atoms. The molecule has 0 aromatic heterocycles. The molecule has 1 rings (SSSR count). The number of carbonyl (C=O) groups is 1. The lowest BCUT2D eigenvalue weighted by Crippen LogP contribution is -2.32. The summed E-state index contributed by atoms with van der Waals surface area (Å²) >= 11 is 1.27. The Morgan fingerprint density at radius 3 is 2.76 bits per heavy atom. The Morgan fingerprint density at radius 1 is 1.65 bits per heavy atom. The van der Waals surface area contributed by atoms with Gasteiger partial charge in [-0.25, -0.2) is 5.84 Å². The summed E-state index contributed by atoms with van der Waals surface area (Å²) in [7, 11) is 1.64. The number of hydrogen-bond acceptors (Lipinski definition) is 5. The standard InChI is InChI=1S/C11H20N4OS/c1-8-5-9(6-8)3-4-10(16)7-17-11(14-12)15(2)13/h9H,1,3-7,12-13H2,2H3/b14-11+. The van der Waals surface area contributed by atoms with Crippen LogP contribution in [-0.2, 0) is 4.79 Å². The lowest BCUT2D eigenvalue weighted by atomic mass is 9.78. The highest BCUT2D eigenvalue weighted by Gasteiger charge is 2.21. The van der Waals surface area contributed by atoms with E-state index in [0.29, 0.717) is 23.3 Å². The fraction of sp³-hybridized carbons (Fsp3) is 0.636. The van der Waals surface area contributed by atoms with Crippen LogP contribution in [0, 0.1) is 5.92 Å². The maximum atomic E-state index is 11.6. The van der Waals surface area contributed by atoms with Gasteiger partial charge in [0, 0.05) is 13.5 Å². The number of allylic oxidation sites excluding steroid dienone is 1. The Balaban J connectivity index is 2.14. The number of amidine groups is 1. The first-order valence-electron chi connectivity index (χ1n) is 5.60. The predicted molar refractivity (Wildman–Crippen MR) is 72.1 cm³/mol. The van der Waals surface area contributed by atoms with Crippen molar-refractivity contribution < 1.29 is 4.79 Å². The molecule has 0 aromatic carbocycles. The number of nitrogens with two attached hydrogens (primary N) is 2. The molecule has 0 radical (unpaired) electrons. The Morgan fingerprint density at radius 2 is 2.29 bits per heavy atom. The fourth-order valence-electron chi connectivity index (χ4n) is 1.77. The number of rotatable bonds is 5. The third-order valence-corrected chi connectivity index (χ3v) is 3.88. The van der Waals surface area contributed by atoms with Crippen molar-refractivity contribution in [3.05, 3.63) is 12.2 Å². The van der Waals surface area contributed by atoms with Crippen LogP contribution in [0.15, 0.2) is 17.3 Å². The first-order valence-corrected chi connectivity index (χ1v) is 6.59. The van der Waals surface area contributed by atoms with Crippen LogP contribution in [0.25, 0.3) is 0 Å². The minimum atomic E-state index is 0.218. The van der Waals surface area contributed by atoms with E-state index >= 15 is 0 Å². The number of ketones is 1. The Labute approximate surface area is 106 Å². The number of Topliss-reactive ketones (excluding diaryl/α,β-unsaturated/α-hetero) is 1. The number of carbonyl (C=O) groups excluding carboxylic acids is 1. The van der Waals surface area contributed by atoms with Gasteiger partial charge in [0.2, 0.25) is 0 Å². The summed E-state index contributed by atoms with van der Waals surface area (Å²) in [5, 5.41) is 5.29. The molecule has 5 nitrogen and oxygen atoms in total. The summed E-state index contributed by atoms with van der Waals surface area (Å²) in [6, 6.07) is 0. The zero-order valence-corrected chi connectivity index (χ0v) is 11.0. The lowest BCUT2D eigenvalue weighted by molar-refractivity contribution is -0.116. The van der Waals surface area contributed by atoms with Crippen LogP contribution in [0.5, 0.6) is 0 Å². The molecule has 0 atom stereocenters. The molecule has 0 aromatic rings. The van der Waals surface area contributed by atoms with Gasteiger partial charge in [0.05, 0.1) is 5.75 Å². The normalized spacial score (nSPS) is 16.8. The molecule has 1 aliphatic rings. The minimum Gasteiger partial charge on any atom is -0.321 e. The molecule has 0 spiro atoms. The third-order valence-electron chi connectivity index (χ3n) is 2.76. The summed E-state index contributed by atoms with van der Waals surface area (Å²) in [4.78, 5) is 11.6. The van der Waals surface area contributed by atoms with Crippen molar-refractivity contribution in [1.82, 2.24) is 5.01 Å². The van der Waals surface area contributed by atoms with Crippen LogP contribution in [0.2, 0.25) is 0 Å². The molecule has 4 N–H and O–H groups in total. The van der Waals surface area contributed by atoms with E-state index in [1.165, 1.54) is 22.3 Å². The summed E-state index contributed by atoms with van der Waals surface area (Å²) in [6.45, 7) is 3.89. The van der Waals surface area contributed by atoms with Crippen molar-refractivity contribution in [2.45, 2.75) is 25.7 Å². The number of thioether (sulfide) groups is 1. The van der Waals surface area contributed by atoms with Crippen LogP contribution in [0.3, 0.4) is 0 Å². The van der Waals surface area contributed by atoms with Gasteiger partial charge in [0.15, 0.2) is 5.17 Å². The number of hydrazine groups is 1. The Kier molecular flexibility index (Phi) is 5.50. The Bertz CT molecular complexity index is 319. The smallest absolute Gasteiger partial charge is 0.196 e. The van der Waals surface area contributed by atoms with Crippen LogP contribution in [0.4, 0.5) is 0 Å². The number of hydrazone groups is 1. The van der Waals surface area contributed by atoms with Gasteiger partial charge in [-0.15, -0.1) is 0 Å². The van der Waals surface area contributed by atoms with Gasteiger partial charge in [-0.05, 0) is 25.2 Å². The van der Waals surface area contributed by atoms with Crippen molar-refractivity contribution in [3.8, 4) is 0 Å². The molecule has 0 bridgehead atoms. The first-order chi connectivity index (χ1) is 8.02. The maximum Gasteiger partial charge on any atom is 0.196 e.